The molecule has 2 aromatic rings. The molecule has 0 unspecified atom stereocenters. The molecule has 0 spiro atoms. The number of aromatic hydroxyl groups is 2. The van der Waals surface area contributed by atoms with Crippen LogP contribution in [0.1, 0.15) is 15.9 Å². The lowest BCUT2D eigenvalue weighted by atomic mass is 10.2. The van der Waals surface area contributed by atoms with Gasteiger partial charge in [-0.25, -0.2) is 4.79 Å². The summed E-state index contributed by atoms with van der Waals surface area (Å²) in [6, 6.07) is 9.24. The molecule has 0 saturated heterocycles. The third kappa shape index (κ3) is 2.65. The lowest BCUT2D eigenvalue weighted by molar-refractivity contribution is 0.0380. The molecule has 1 heterocycles. The summed E-state index contributed by atoms with van der Waals surface area (Å²) < 4.78 is 0.567. The summed E-state index contributed by atoms with van der Waals surface area (Å²) in [5.41, 5.74) is 8.61. The minimum atomic E-state index is -0.748. The SMILES string of the molecule is [N-]=[N+]=NCc1cc(O)n(OC(=O)c2ccccc2)c1O. The molecule has 0 aliphatic rings. The van der Waals surface area contributed by atoms with Crippen molar-refractivity contribution in [3.63, 3.8) is 0 Å². The van der Waals surface area contributed by atoms with Gasteiger partial charge < -0.3 is 15.1 Å². The van der Waals surface area contributed by atoms with E-state index in [4.69, 9.17) is 10.4 Å². The number of aromatic nitrogens is 1. The minimum absolute atomic E-state index is 0.140. The van der Waals surface area contributed by atoms with Gasteiger partial charge in [0.05, 0.1) is 12.1 Å². The van der Waals surface area contributed by atoms with E-state index < -0.39 is 17.7 Å². The van der Waals surface area contributed by atoms with E-state index in [1.807, 2.05) is 0 Å². The Kier molecular flexibility index (Phi) is 3.78. The van der Waals surface area contributed by atoms with E-state index in [-0.39, 0.29) is 17.7 Å². The number of hydrogen-bond acceptors (Lipinski definition) is 5. The molecule has 20 heavy (non-hydrogen) atoms. The highest BCUT2D eigenvalue weighted by molar-refractivity contribution is 5.89. The summed E-state index contributed by atoms with van der Waals surface area (Å²) in [6.45, 7) is -0.175. The summed E-state index contributed by atoms with van der Waals surface area (Å²) >= 11 is 0. The van der Waals surface area contributed by atoms with Crippen LogP contribution in [0.15, 0.2) is 41.5 Å². The summed E-state index contributed by atoms with van der Waals surface area (Å²) in [7, 11) is 0. The molecule has 0 atom stereocenters. The maximum absolute atomic E-state index is 11.8. The Morgan fingerprint density at radius 3 is 2.70 bits per heavy atom. The Morgan fingerprint density at radius 1 is 1.35 bits per heavy atom. The number of rotatable bonds is 4. The van der Waals surface area contributed by atoms with Crippen LogP contribution in [0, 0.1) is 0 Å². The maximum atomic E-state index is 11.8. The molecule has 2 N–H and O–H groups in total. The molecule has 0 saturated carbocycles. The first kappa shape index (κ1) is 13.3. The van der Waals surface area contributed by atoms with Crippen molar-refractivity contribution in [2.45, 2.75) is 6.54 Å². The van der Waals surface area contributed by atoms with Gasteiger partial charge in [0, 0.05) is 16.5 Å². The highest BCUT2D eigenvalue weighted by Gasteiger charge is 2.18. The van der Waals surface area contributed by atoms with Crippen LogP contribution in [0.3, 0.4) is 0 Å². The number of nitrogens with zero attached hydrogens (tertiary/aromatic N) is 4. The molecule has 0 amide bonds. The summed E-state index contributed by atoms with van der Waals surface area (Å²) in [6.07, 6.45) is 0. The van der Waals surface area contributed by atoms with Crippen LogP contribution < -0.4 is 4.84 Å². The molecule has 0 aliphatic heterocycles. The van der Waals surface area contributed by atoms with Gasteiger partial charge in [0.1, 0.15) is 0 Å². The number of benzene rings is 1. The van der Waals surface area contributed by atoms with Gasteiger partial charge in [-0.3, -0.25) is 0 Å². The van der Waals surface area contributed by atoms with E-state index in [1.54, 1.807) is 18.2 Å². The fraction of sp³-hybridized carbons (Fsp3) is 0.0833. The van der Waals surface area contributed by atoms with Crippen LogP contribution in [-0.2, 0) is 6.54 Å². The second kappa shape index (κ2) is 5.68. The van der Waals surface area contributed by atoms with Crippen molar-refractivity contribution in [2.24, 2.45) is 5.11 Å². The molecule has 0 radical (unpaired) electrons. The Hall–Kier alpha value is -3.12. The van der Waals surface area contributed by atoms with Crippen LogP contribution >= 0.6 is 0 Å². The topological polar surface area (TPSA) is 120 Å². The summed E-state index contributed by atoms with van der Waals surface area (Å²) in [5.74, 6) is -1.73. The lowest BCUT2D eigenvalue weighted by Gasteiger charge is -2.06. The van der Waals surface area contributed by atoms with Crippen molar-refractivity contribution in [3.8, 4) is 11.8 Å². The average molecular weight is 274 g/mol. The van der Waals surface area contributed by atoms with Gasteiger partial charge in [0.2, 0.25) is 11.8 Å². The maximum Gasteiger partial charge on any atom is 0.363 e. The molecule has 0 fully saturated rings. The van der Waals surface area contributed by atoms with Crippen molar-refractivity contribution in [2.75, 3.05) is 0 Å². The van der Waals surface area contributed by atoms with Crippen LogP contribution in [0.5, 0.6) is 11.8 Å². The molecule has 8 heteroatoms. The standard InChI is InChI=1S/C12H10N4O4/c13-15-14-7-9-6-10(17)16(11(9)18)20-12(19)8-4-2-1-3-5-8/h1-6,17-18H,7H2. The second-order valence-corrected chi connectivity index (χ2v) is 3.78. The van der Waals surface area contributed by atoms with Gasteiger partial charge in [-0.15, -0.1) is 4.73 Å². The molecule has 1 aromatic heterocycles. The zero-order valence-electron chi connectivity index (χ0n) is 10.2. The summed E-state index contributed by atoms with van der Waals surface area (Å²) in [5, 5.41) is 22.6. The third-order valence-electron chi connectivity index (χ3n) is 2.48. The molecule has 102 valence electrons. The first-order valence-electron chi connectivity index (χ1n) is 5.54. The van der Waals surface area contributed by atoms with Crippen molar-refractivity contribution in [1.82, 2.24) is 4.73 Å². The predicted octanol–water partition coefficient (Wildman–Crippen LogP) is 1.98. The smallest absolute Gasteiger partial charge is 0.363 e. The average Bonchev–Trinajstić information content (AvgIpc) is 2.73. The Labute approximate surface area is 113 Å². The van der Waals surface area contributed by atoms with Crippen LogP contribution in [0.4, 0.5) is 0 Å². The Balaban J connectivity index is 2.23. The molecule has 0 aliphatic carbocycles. The Morgan fingerprint density at radius 2 is 2.05 bits per heavy atom. The highest BCUT2D eigenvalue weighted by atomic mass is 16.7. The molecule has 8 nitrogen and oxygen atoms in total. The minimum Gasteiger partial charge on any atom is -0.492 e. The predicted molar refractivity (Wildman–Crippen MR) is 68.0 cm³/mol. The van der Waals surface area contributed by atoms with Crippen molar-refractivity contribution in [1.29, 1.82) is 0 Å². The van der Waals surface area contributed by atoms with Gasteiger partial charge >= 0.3 is 5.97 Å². The van der Waals surface area contributed by atoms with E-state index in [9.17, 15) is 15.0 Å². The van der Waals surface area contributed by atoms with E-state index in [0.29, 0.717) is 4.73 Å². The van der Waals surface area contributed by atoms with Crippen LogP contribution in [0.2, 0.25) is 0 Å². The fourth-order valence-corrected chi connectivity index (χ4v) is 1.54. The first-order chi connectivity index (χ1) is 9.63. The van der Waals surface area contributed by atoms with Crippen molar-refractivity contribution < 1.29 is 19.8 Å². The van der Waals surface area contributed by atoms with Gasteiger partial charge in [-0.1, -0.05) is 23.3 Å². The molecule has 1 aromatic carbocycles. The summed E-state index contributed by atoms with van der Waals surface area (Å²) in [4.78, 5) is 19.2. The lowest BCUT2D eigenvalue weighted by Crippen LogP contribution is -2.19. The molecular formula is C12H10N4O4. The van der Waals surface area contributed by atoms with Crippen molar-refractivity contribution in [3.05, 3.63) is 58.0 Å². The molecular weight excluding hydrogens is 264 g/mol. The van der Waals surface area contributed by atoms with E-state index in [1.165, 1.54) is 12.1 Å². The van der Waals surface area contributed by atoms with Gasteiger partial charge in [-0.2, -0.15) is 0 Å². The highest BCUT2D eigenvalue weighted by Crippen LogP contribution is 2.27. The van der Waals surface area contributed by atoms with E-state index >= 15 is 0 Å². The zero-order valence-corrected chi connectivity index (χ0v) is 10.2. The number of carbonyl (C=O) groups is 1. The van der Waals surface area contributed by atoms with Crippen LogP contribution in [0.25, 0.3) is 10.4 Å². The molecule has 2 rings (SSSR count). The van der Waals surface area contributed by atoms with E-state index in [0.717, 1.165) is 6.07 Å². The number of carbonyl (C=O) groups excluding carboxylic acids is 1. The Bertz CT molecular complexity index is 674. The van der Waals surface area contributed by atoms with Crippen LogP contribution in [-0.4, -0.2) is 20.9 Å². The monoisotopic (exact) mass is 274 g/mol. The molecule has 0 bridgehead atoms. The largest absolute Gasteiger partial charge is 0.492 e. The first-order valence-corrected chi connectivity index (χ1v) is 5.54. The third-order valence-corrected chi connectivity index (χ3v) is 2.48. The second-order valence-electron chi connectivity index (χ2n) is 3.78. The number of azide groups is 1. The van der Waals surface area contributed by atoms with Gasteiger partial charge in [-0.05, 0) is 17.7 Å². The zero-order chi connectivity index (χ0) is 14.5. The number of hydrogen-bond donors (Lipinski definition) is 2. The normalized spacial score (nSPS) is 9.80. The fourth-order valence-electron chi connectivity index (χ4n) is 1.54. The quantitative estimate of drug-likeness (QED) is 0.503. The van der Waals surface area contributed by atoms with Crippen molar-refractivity contribution >= 4 is 5.97 Å². The van der Waals surface area contributed by atoms with Gasteiger partial charge in [0.15, 0.2) is 0 Å². The van der Waals surface area contributed by atoms with Gasteiger partial charge in [0.25, 0.3) is 0 Å². The van der Waals surface area contributed by atoms with E-state index in [2.05, 4.69) is 10.0 Å².